The fraction of sp³-hybridized carbons (Fsp3) is 0.167. The predicted molar refractivity (Wildman–Crippen MR) is 82.8 cm³/mol. The normalized spacial score (nSPS) is 12.1. The number of aromatic nitrogens is 1. The number of thioether (sulfide) groups is 1. The molecule has 0 atom stereocenters. The number of carboxylic acids is 1. The summed E-state index contributed by atoms with van der Waals surface area (Å²) >= 11 is 2.46. The van der Waals surface area contributed by atoms with Crippen LogP contribution < -0.4 is 21.7 Å². The minimum absolute atomic E-state index is 0.0501. The van der Waals surface area contributed by atoms with Crippen LogP contribution in [0, 0.1) is 0 Å². The van der Waals surface area contributed by atoms with Crippen molar-refractivity contribution in [1.29, 1.82) is 0 Å². The summed E-state index contributed by atoms with van der Waals surface area (Å²) in [5, 5.41) is 8.98. The Morgan fingerprint density at radius 2 is 2.33 bits per heavy atom. The predicted octanol–water partition coefficient (Wildman–Crippen LogP) is 1.46. The second-order valence-corrected chi connectivity index (χ2v) is 6.15. The lowest BCUT2D eigenvalue weighted by Crippen LogP contribution is -2.29. The van der Waals surface area contributed by atoms with Gasteiger partial charge in [-0.15, -0.1) is 11.3 Å². The van der Waals surface area contributed by atoms with E-state index in [9.17, 15) is 4.79 Å². The number of nitrogens with two attached hydrogens (primary N) is 2. The smallest absolute Gasteiger partial charge is 0.356 e. The van der Waals surface area contributed by atoms with Crippen LogP contribution in [0.15, 0.2) is 33.3 Å². The number of nitrogens with zero attached hydrogens (tertiary/aromatic N) is 1. The van der Waals surface area contributed by atoms with E-state index >= 15 is 0 Å². The number of hydrogen-bond acceptors (Lipinski definition) is 8. The molecule has 0 unspecified atom stereocenters. The quantitative estimate of drug-likeness (QED) is 0.272. The van der Waals surface area contributed by atoms with Gasteiger partial charge in [0.25, 0.3) is 0 Å². The molecule has 1 aromatic carbocycles. The van der Waals surface area contributed by atoms with E-state index in [0.717, 1.165) is 27.7 Å². The third-order valence-electron chi connectivity index (χ3n) is 2.45. The van der Waals surface area contributed by atoms with Crippen LogP contribution >= 0.6 is 23.1 Å². The number of thiazole rings is 1. The van der Waals surface area contributed by atoms with Crippen LogP contribution in [0.4, 0.5) is 0 Å². The van der Waals surface area contributed by atoms with Crippen molar-refractivity contribution in [1.82, 2.24) is 10.4 Å². The van der Waals surface area contributed by atoms with Crippen molar-refractivity contribution < 1.29 is 14.6 Å². The Balaban J connectivity index is 2.29. The molecule has 1 heterocycles. The Morgan fingerprint density at radius 3 is 2.95 bits per heavy atom. The summed E-state index contributed by atoms with van der Waals surface area (Å²) in [5.74, 6) is 4.66. The molecule has 1 aromatic heterocycles. The Morgan fingerprint density at radius 1 is 1.57 bits per heavy atom. The van der Waals surface area contributed by atoms with Crippen molar-refractivity contribution in [3.8, 4) is 5.75 Å². The maximum absolute atomic E-state index is 10.9. The number of carbonyl (C=O) groups is 1. The van der Waals surface area contributed by atoms with Gasteiger partial charge in [-0.3, -0.25) is 5.84 Å². The average Bonchev–Trinajstić information content (AvgIpc) is 2.80. The third kappa shape index (κ3) is 3.57. The summed E-state index contributed by atoms with van der Waals surface area (Å²) < 4.78 is 7.00. The Labute approximate surface area is 129 Å². The van der Waals surface area contributed by atoms with Gasteiger partial charge in [-0.25, -0.2) is 9.78 Å². The third-order valence-corrected chi connectivity index (χ3v) is 4.47. The molecule has 2 aromatic rings. The molecular formula is C12H14N4O3S2. The molecule has 0 aliphatic heterocycles. The number of carboxylic acid groups (broad SMARTS) is 1. The zero-order chi connectivity index (χ0) is 15.4. The van der Waals surface area contributed by atoms with Gasteiger partial charge in [-0.05, 0) is 30.8 Å². The number of hydrazine groups is 1. The van der Waals surface area contributed by atoms with Crippen molar-refractivity contribution in [2.75, 3.05) is 6.61 Å². The van der Waals surface area contributed by atoms with Gasteiger partial charge in [0.15, 0.2) is 10.0 Å². The van der Waals surface area contributed by atoms with E-state index in [4.69, 9.17) is 21.4 Å². The average molecular weight is 326 g/mol. The zero-order valence-corrected chi connectivity index (χ0v) is 12.8. The monoisotopic (exact) mass is 326 g/mol. The lowest BCUT2D eigenvalue weighted by Gasteiger charge is -2.04. The van der Waals surface area contributed by atoms with Gasteiger partial charge >= 0.3 is 5.97 Å². The highest BCUT2D eigenvalue weighted by Crippen LogP contribution is 2.34. The van der Waals surface area contributed by atoms with Crippen molar-refractivity contribution in [2.45, 2.75) is 11.3 Å². The van der Waals surface area contributed by atoms with Crippen LogP contribution in [0.5, 0.6) is 5.75 Å². The van der Waals surface area contributed by atoms with Crippen LogP contribution in [-0.4, -0.2) is 22.7 Å². The summed E-state index contributed by atoms with van der Waals surface area (Å²) in [6.07, 6.45) is 0. The van der Waals surface area contributed by atoms with Crippen LogP contribution in [0.2, 0.25) is 0 Å². The second kappa shape index (κ2) is 6.66. The molecule has 21 heavy (non-hydrogen) atoms. The van der Waals surface area contributed by atoms with E-state index in [1.165, 1.54) is 11.3 Å². The maximum Gasteiger partial charge on any atom is 0.356 e. The molecular weight excluding hydrogens is 312 g/mol. The summed E-state index contributed by atoms with van der Waals surface area (Å²) in [6, 6.07) is 5.60. The van der Waals surface area contributed by atoms with Crippen LogP contribution in [0.3, 0.4) is 0 Å². The molecule has 0 saturated heterocycles. The summed E-state index contributed by atoms with van der Waals surface area (Å²) in [4.78, 5) is 15.3. The van der Waals surface area contributed by atoms with Gasteiger partial charge in [0, 0.05) is 6.07 Å². The fourth-order valence-corrected chi connectivity index (χ4v) is 3.53. The van der Waals surface area contributed by atoms with Gasteiger partial charge in [-0.1, -0.05) is 0 Å². The molecule has 6 N–H and O–H groups in total. The second-order valence-electron chi connectivity index (χ2n) is 3.83. The lowest BCUT2D eigenvalue weighted by molar-refractivity contribution is -0.133. The lowest BCUT2D eigenvalue weighted by atomic mass is 10.3. The van der Waals surface area contributed by atoms with Gasteiger partial charge in [-0.2, -0.15) is 0 Å². The number of rotatable bonds is 6. The molecule has 2 rings (SSSR count). The van der Waals surface area contributed by atoms with E-state index < -0.39 is 5.97 Å². The molecule has 0 fully saturated rings. The van der Waals surface area contributed by atoms with Crippen molar-refractivity contribution in [2.24, 2.45) is 11.6 Å². The van der Waals surface area contributed by atoms with Crippen molar-refractivity contribution >= 4 is 39.3 Å². The molecule has 0 saturated carbocycles. The largest absolute Gasteiger partial charge is 0.494 e. The first-order chi connectivity index (χ1) is 10.0. The molecule has 0 aliphatic carbocycles. The number of fused-ring (bicyclic) bond motifs is 1. The molecule has 112 valence electrons. The summed E-state index contributed by atoms with van der Waals surface area (Å²) in [5.41, 5.74) is 8.32. The summed E-state index contributed by atoms with van der Waals surface area (Å²) in [7, 11) is 0. The molecule has 7 nitrogen and oxygen atoms in total. The Bertz CT molecular complexity index is 699. The van der Waals surface area contributed by atoms with Crippen molar-refractivity contribution in [3.63, 3.8) is 0 Å². The molecule has 0 bridgehead atoms. The highest BCUT2D eigenvalue weighted by Gasteiger charge is 2.14. The molecule has 0 amide bonds. The van der Waals surface area contributed by atoms with E-state index in [1.807, 2.05) is 25.1 Å². The van der Waals surface area contributed by atoms with E-state index in [2.05, 4.69) is 10.4 Å². The minimum atomic E-state index is -1.22. The molecule has 0 aliphatic rings. The van der Waals surface area contributed by atoms with Gasteiger partial charge in [0.2, 0.25) is 0 Å². The van der Waals surface area contributed by atoms with Crippen LogP contribution in [-0.2, 0) is 4.79 Å². The Kier molecular flexibility index (Phi) is 4.89. The van der Waals surface area contributed by atoms with E-state index in [-0.39, 0.29) is 10.7 Å². The zero-order valence-electron chi connectivity index (χ0n) is 11.1. The number of ether oxygens (including phenoxy) is 1. The van der Waals surface area contributed by atoms with E-state index in [1.54, 1.807) is 0 Å². The van der Waals surface area contributed by atoms with Crippen LogP contribution in [0.25, 0.3) is 10.2 Å². The SMILES string of the molecule is CCOc1ccc2sc(S/C(N)=C(/NN)C(=O)O)nc2c1. The number of aliphatic carboxylic acids is 1. The minimum Gasteiger partial charge on any atom is -0.494 e. The number of benzene rings is 1. The standard InChI is InChI=1S/C12H14N4O3S2/c1-2-19-6-3-4-8-7(5-6)15-12(20-8)21-10(13)9(16-14)11(17)18/h3-5,16H,2,13-14H2,1H3,(H,17,18)/b10-9+. The first-order valence-corrected chi connectivity index (χ1v) is 7.59. The molecule has 0 spiro atoms. The molecule has 9 heteroatoms. The Hall–Kier alpha value is -1.97. The topological polar surface area (TPSA) is 123 Å². The van der Waals surface area contributed by atoms with E-state index in [0.29, 0.717) is 10.9 Å². The van der Waals surface area contributed by atoms with Crippen molar-refractivity contribution in [3.05, 3.63) is 28.9 Å². The van der Waals surface area contributed by atoms with Gasteiger partial charge in [0.05, 0.1) is 16.8 Å². The van der Waals surface area contributed by atoms with Gasteiger partial charge in [0.1, 0.15) is 10.8 Å². The highest BCUT2D eigenvalue weighted by molar-refractivity contribution is 8.04. The summed E-state index contributed by atoms with van der Waals surface area (Å²) in [6.45, 7) is 2.49. The number of nitrogens with one attached hydrogen (secondary N) is 1. The first kappa shape index (κ1) is 15.4. The van der Waals surface area contributed by atoms with Crippen LogP contribution in [0.1, 0.15) is 6.92 Å². The highest BCUT2D eigenvalue weighted by atomic mass is 32.2. The fourth-order valence-electron chi connectivity index (χ4n) is 1.57. The molecule has 0 radical (unpaired) electrons. The first-order valence-electron chi connectivity index (χ1n) is 5.96. The maximum atomic E-state index is 10.9. The number of hydrogen-bond donors (Lipinski definition) is 4. The van der Waals surface area contributed by atoms with Gasteiger partial charge < -0.3 is 21.0 Å².